The van der Waals surface area contributed by atoms with Gasteiger partial charge >= 0.3 is 5.97 Å². The molecule has 0 saturated heterocycles. The molecule has 20 heavy (non-hydrogen) atoms. The molecule has 0 unspecified atom stereocenters. The Bertz CT molecular complexity index is 578. The first-order valence-electron chi connectivity index (χ1n) is 6.48. The minimum absolute atomic E-state index is 0.112. The molecule has 0 aliphatic carbocycles. The Morgan fingerprint density at radius 2 is 2.05 bits per heavy atom. The van der Waals surface area contributed by atoms with Crippen LogP contribution in [-0.4, -0.2) is 22.7 Å². The van der Waals surface area contributed by atoms with E-state index >= 15 is 0 Å². The van der Waals surface area contributed by atoms with Crippen LogP contribution in [0.5, 0.6) is 5.75 Å². The van der Waals surface area contributed by atoms with Crippen LogP contribution in [0.15, 0.2) is 30.3 Å². The van der Waals surface area contributed by atoms with Crippen LogP contribution in [0.3, 0.4) is 0 Å². The second-order valence-electron chi connectivity index (χ2n) is 4.69. The molecule has 1 aromatic heterocycles. The van der Waals surface area contributed by atoms with E-state index in [0.29, 0.717) is 23.6 Å². The van der Waals surface area contributed by atoms with E-state index in [2.05, 4.69) is 4.98 Å². The van der Waals surface area contributed by atoms with Gasteiger partial charge in [-0.2, -0.15) is 0 Å². The predicted octanol–water partition coefficient (Wildman–Crippen LogP) is 3.59. The van der Waals surface area contributed by atoms with Gasteiger partial charge in [-0.3, -0.25) is 0 Å². The Morgan fingerprint density at radius 1 is 1.35 bits per heavy atom. The number of carboxylic acid groups (broad SMARTS) is 1. The highest BCUT2D eigenvalue weighted by Crippen LogP contribution is 2.25. The third-order valence-corrected chi connectivity index (χ3v) is 3.89. The second kappa shape index (κ2) is 6.52. The van der Waals surface area contributed by atoms with Crippen molar-refractivity contribution >= 4 is 17.3 Å². The predicted molar refractivity (Wildman–Crippen MR) is 78.8 cm³/mol. The Balaban J connectivity index is 2.00. The first-order chi connectivity index (χ1) is 9.58. The molecule has 0 aliphatic rings. The maximum Gasteiger partial charge on any atom is 0.347 e. The van der Waals surface area contributed by atoms with E-state index in [1.165, 1.54) is 11.3 Å². The molecule has 5 heteroatoms. The van der Waals surface area contributed by atoms with Crippen LogP contribution >= 0.6 is 11.3 Å². The lowest BCUT2D eigenvalue weighted by Gasteiger charge is -2.03. The smallest absolute Gasteiger partial charge is 0.347 e. The minimum atomic E-state index is -0.901. The van der Waals surface area contributed by atoms with Crippen molar-refractivity contribution in [3.63, 3.8) is 0 Å². The molecular formula is C15H17NO3S. The van der Waals surface area contributed by atoms with E-state index in [1.54, 1.807) is 0 Å². The largest absolute Gasteiger partial charge is 0.493 e. The highest BCUT2D eigenvalue weighted by Gasteiger charge is 2.19. The van der Waals surface area contributed by atoms with Gasteiger partial charge in [0.15, 0.2) is 0 Å². The number of aromatic nitrogens is 1. The van der Waals surface area contributed by atoms with Gasteiger partial charge in [0.2, 0.25) is 0 Å². The summed E-state index contributed by atoms with van der Waals surface area (Å²) in [6.45, 7) is 4.39. The zero-order chi connectivity index (χ0) is 14.5. The van der Waals surface area contributed by atoms with Crippen molar-refractivity contribution in [3.8, 4) is 5.75 Å². The van der Waals surface area contributed by atoms with Gasteiger partial charge in [-0.25, -0.2) is 9.78 Å². The average Bonchev–Trinajstić information content (AvgIpc) is 2.85. The van der Waals surface area contributed by atoms with E-state index in [1.807, 2.05) is 44.2 Å². The lowest BCUT2D eigenvalue weighted by atomic mass is 10.1. The van der Waals surface area contributed by atoms with Gasteiger partial charge in [0.1, 0.15) is 10.6 Å². The number of nitrogens with zero attached hydrogens (tertiary/aromatic N) is 1. The number of para-hydroxylation sites is 1. The fourth-order valence-electron chi connectivity index (χ4n) is 1.80. The molecule has 2 rings (SSSR count). The van der Waals surface area contributed by atoms with E-state index in [0.717, 1.165) is 10.8 Å². The summed E-state index contributed by atoms with van der Waals surface area (Å²) in [5.74, 6) is 0.0224. The van der Waals surface area contributed by atoms with Crippen molar-refractivity contribution in [2.75, 3.05) is 6.61 Å². The molecule has 0 radical (unpaired) electrons. The van der Waals surface area contributed by atoms with Gasteiger partial charge < -0.3 is 9.84 Å². The van der Waals surface area contributed by atoms with Gasteiger partial charge in [0.25, 0.3) is 0 Å². The lowest BCUT2D eigenvalue weighted by Crippen LogP contribution is -2.02. The third-order valence-electron chi connectivity index (χ3n) is 2.77. The Hall–Kier alpha value is -1.88. The number of ether oxygens (including phenoxy) is 1. The topological polar surface area (TPSA) is 59.4 Å². The fraction of sp³-hybridized carbons (Fsp3) is 0.333. The van der Waals surface area contributed by atoms with Gasteiger partial charge in [-0.05, 0) is 18.1 Å². The summed E-state index contributed by atoms with van der Waals surface area (Å²) in [5, 5.41) is 9.98. The first-order valence-corrected chi connectivity index (χ1v) is 7.30. The van der Waals surface area contributed by atoms with Crippen molar-refractivity contribution in [1.29, 1.82) is 0 Å². The van der Waals surface area contributed by atoms with Crippen molar-refractivity contribution in [1.82, 2.24) is 4.98 Å². The number of rotatable bonds is 6. The highest BCUT2D eigenvalue weighted by atomic mass is 32.1. The summed E-state index contributed by atoms with van der Waals surface area (Å²) in [6.07, 6.45) is 0.618. The summed E-state index contributed by atoms with van der Waals surface area (Å²) in [7, 11) is 0. The zero-order valence-corrected chi connectivity index (χ0v) is 12.3. The lowest BCUT2D eigenvalue weighted by molar-refractivity contribution is 0.0700. The molecule has 1 aromatic carbocycles. The average molecular weight is 291 g/mol. The molecule has 106 valence electrons. The molecule has 0 saturated carbocycles. The van der Waals surface area contributed by atoms with Crippen LogP contribution in [-0.2, 0) is 6.42 Å². The number of carboxylic acids is 1. The zero-order valence-electron chi connectivity index (χ0n) is 11.5. The number of carbonyl (C=O) groups is 1. The van der Waals surface area contributed by atoms with Gasteiger partial charge in [0, 0.05) is 6.42 Å². The highest BCUT2D eigenvalue weighted by molar-refractivity contribution is 7.13. The molecule has 0 atom stereocenters. The van der Waals surface area contributed by atoms with Crippen LogP contribution in [0.2, 0.25) is 0 Å². The molecule has 0 fully saturated rings. The quantitative estimate of drug-likeness (QED) is 0.883. The van der Waals surface area contributed by atoms with Crippen molar-refractivity contribution < 1.29 is 14.6 Å². The minimum Gasteiger partial charge on any atom is -0.493 e. The van der Waals surface area contributed by atoms with Crippen molar-refractivity contribution in [2.24, 2.45) is 0 Å². The number of benzene rings is 1. The van der Waals surface area contributed by atoms with Crippen LogP contribution in [0, 0.1) is 0 Å². The molecule has 0 aliphatic heterocycles. The normalized spacial score (nSPS) is 10.8. The molecule has 0 bridgehead atoms. The fourth-order valence-corrected chi connectivity index (χ4v) is 2.84. The van der Waals surface area contributed by atoms with Crippen LogP contribution in [0.25, 0.3) is 0 Å². The molecule has 1 heterocycles. The molecule has 2 aromatic rings. The molecular weight excluding hydrogens is 274 g/mol. The summed E-state index contributed by atoms with van der Waals surface area (Å²) >= 11 is 1.24. The van der Waals surface area contributed by atoms with Gasteiger partial charge in [0.05, 0.1) is 17.3 Å². The maximum atomic E-state index is 11.2. The standard InChI is InChI=1S/C15H17NO3S/c1-10(2)13-14(15(17)18)20-12(16-13)8-9-19-11-6-4-3-5-7-11/h3-7,10H,8-9H2,1-2H3,(H,17,18). The maximum absolute atomic E-state index is 11.2. The Labute approximate surface area is 122 Å². The summed E-state index contributed by atoms with van der Waals surface area (Å²) < 4.78 is 5.60. The molecule has 0 spiro atoms. The van der Waals surface area contributed by atoms with Crippen LogP contribution < -0.4 is 4.74 Å². The van der Waals surface area contributed by atoms with E-state index in [-0.39, 0.29) is 5.92 Å². The number of thiazole rings is 1. The Morgan fingerprint density at radius 3 is 2.60 bits per heavy atom. The van der Waals surface area contributed by atoms with Crippen molar-refractivity contribution in [3.05, 3.63) is 45.9 Å². The molecule has 1 N–H and O–H groups in total. The van der Waals surface area contributed by atoms with E-state index in [4.69, 9.17) is 4.74 Å². The second-order valence-corrected chi connectivity index (χ2v) is 5.78. The molecule has 0 amide bonds. The van der Waals surface area contributed by atoms with Crippen molar-refractivity contribution in [2.45, 2.75) is 26.2 Å². The summed E-state index contributed by atoms with van der Waals surface area (Å²) in [4.78, 5) is 15.9. The third kappa shape index (κ3) is 3.57. The van der Waals surface area contributed by atoms with E-state index in [9.17, 15) is 9.90 Å². The summed E-state index contributed by atoms with van der Waals surface area (Å²) in [5.41, 5.74) is 0.664. The van der Waals surface area contributed by atoms with Crippen LogP contribution in [0.4, 0.5) is 0 Å². The first kappa shape index (κ1) is 14.5. The summed E-state index contributed by atoms with van der Waals surface area (Å²) in [6, 6.07) is 9.55. The Kier molecular flexibility index (Phi) is 4.74. The molecule has 4 nitrogen and oxygen atoms in total. The van der Waals surface area contributed by atoms with Gasteiger partial charge in [-0.1, -0.05) is 32.0 Å². The monoisotopic (exact) mass is 291 g/mol. The SMILES string of the molecule is CC(C)c1nc(CCOc2ccccc2)sc1C(=O)O. The van der Waals surface area contributed by atoms with E-state index < -0.39 is 5.97 Å². The van der Waals surface area contributed by atoms with Gasteiger partial charge in [-0.15, -0.1) is 11.3 Å². The van der Waals surface area contributed by atoms with Crippen LogP contribution in [0.1, 0.15) is 40.1 Å². The number of hydrogen-bond acceptors (Lipinski definition) is 4. The number of aromatic carboxylic acids is 1. The number of hydrogen-bond donors (Lipinski definition) is 1.